The van der Waals surface area contributed by atoms with Gasteiger partial charge in [0, 0.05) is 48.5 Å². The predicted octanol–water partition coefficient (Wildman–Crippen LogP) is 1.04. The van der Waals surface area contributed by atoms with Crippen LogP contribution in [0, 0.1) is 23.7 Å². The highest BCUT2D eigenvalue weighted by Crippen LogP contribution is 2.53. The van der Waals surface area contributed by atoms with Crippen LogP contribution >= 0.6 is 11.8 Å². The largest absolute Gasteiger partial charge is 0.477 e. The van der Waals surface area contributed by atoms with Crippen LogP contribution in [0.2, 0.25) is 0 Å². The zero-order valence-corrected chi connectivity index (χ0v) is 21.0. The Hall–Kier alpha value is -1.91. The molecule has 7 atom stereocenters. The number of rotatable bonds is 9. The molecule has 4 heterocycles. The fraction of sp³-hybridized carbons (Fsp3) is 0.750. The molecule has 0 aromatic heterocycles. The summed E-state index contributed by atoms with van der Waals surface area (Å²) in [5.74, 6) is -1.27. The third kappa shape index (κ3) is 4.40. The number of carboxylic acid groups (broad SMARTS) is 1. The molecule has 0 aliphatic carbocycles. The van der Waals surface area contributed by atoms with Crippen LogP contribution in [0.1, 0.15) is 46.5 Å². The maximum atomic E-state index is 13.0. The first-order chi connectivity index (χ1) is 16.2. The molecule has 9 nitrogen and oxygen atoms in total. The van der Waals surface area contributed by atoms with Crippen molar-refractivity contribution >= 4 is 35.3 Å². The highest BCUT2D eigenvalue weighted by atomic mass is 32.2. The molecule has 0 aromatic rings. The van der Waals surface area contributed by atoms with Crippen LogP contribution in [0.5, 0.6) is 0 Å². The van der Waals surface area contributed by atoms with Crippen LogP contribution in [-0.2, 0) is 19.2 Å². The Morgan fingerprint density at radius 3 is 2.68 bits per heavy atom. The fourth-order valence-corrected chi connectivity index (χ4v) is 7.48. The summed E-state index contributed by atoms with van der Waals surface area (Å²) in [4.78, 5) is 54.1. The van der Waals surface area contributed by atoms with Gasteiger partial charge in [0.25, 0.3) is 0 Å². The van der Waals surface area contributed by atoms with Crippen molar-refractivity contribution in [2.45, 2.75) is 63.8 Å². The van der Waals surface area contributed by atoms with E-state index in [4.69, 9.17) is 5.73 Å². The monoisotopic (exact) mass is 492 g/mol. The molecule has 0 spiro atoms. The number of nitrogens with zero attached hydrogens (tertiary/aromatic N) is 2. The first-order valence-electron chi connectivity index (χ1n) is 12.4. The van der Waals surface area contributed by atoms with Gasteiger partial charge in [0.15, 0.2) is 0 Å². The predicted molar refractivity (Wildman–Crippen MR) is 129 cm³/mol. The molecular formula is C24H36N4O5S. The molecule has 3 saturated heterocycles. The second-order valence-electron chi connectivity index (χ2n) is 10.2. The molecule has 0 bridgehead atoms. The molecule has 188 valence electrons. The van der Waals surface area contributed by atoms with E-state index in [1.54, 1.807) is 0 Å². The molecule has 4 rings (SSSR count). The molecule has 3 fully saturated rings. The molecule has 0 aromatic carbocycles. The minimum atomic E-state index is -1.09. The second-order valence-corrected chi connectivity index (χ2v) is 11.6. The van der Waals surface area contributed by atoms with Gasteiger partial charge in [-0.1, -0.05) is 20.8 Å². The summed E-state index contributed by atoms with van der Waals surface area (Å²) in [6.45, 7) is 8.35. The van der Waals surface area contributed by atoms with Crippen molar-refractivity contribution in [3.8, 4) is 0 Å². The molecule has 10 heteroatoms. The number of nitrogens with two attached hydrogens (primary N) is 1. The number of thioether (sulfide) groups is 1. The fourth-order valence-electron chi connectivity index (χ4n) is 6.00. The number of likely N-dealkylation sites (tertiary alicyclic amines) is 1. The van der Waals surface area contributed by atoms with E-state index in [2.05, 4.69) is 5.32 Å². The molecule has 4 N–H and O–H groups in total. The van der Waals surface area contributed by atoms with E-state index >= 15 is 0 Å². The topological polar surface area (TPSA) is 133 Å². The summed E-state index contributed by atoms with van der Waals surface area (Å²) in [7, 11) is 0. The Morgan fingerprint density at radius 1 is 1.32 bits per heavy atom. The number of carbonyl (C=O) groups excluding carboxylic acids is 3. The summed E-state index contributed by atoms with van der Waals surface area (Å²) in [6, 6.07) is -0.489. The number of aliphatic carboxylic acids is 1. The van der Waals surface area contributed by atoms with Gasteiger partial charge < -0.3 is 26.0 Å². The zero-order chi connectivity index (χ0) is 24.7. The first kappa shape index (κ1) is 25.2. The van der Waals surface area contributed by atoms with E-state index in [9.17, 15) is 24.3 Å². The lowest BCUT2D eigenvalue weighted by molar-refractivity contribution is -0.160. The molecule has 0 saturated carbocycles. The summed E-state index contributed by atoms with van der Waals surface area (Å²) >= 11 is 1.49. The number of Topliss-reactive ketones (excluding diaryl/α,β-unsaturated/α-hetero) is 1. The van der Waals surface area contributed by atoms with Crippen LogP contribution in [0.4, 0.5) is 0 Å². The van der Waals surface area contributed by atoms with Crippen molar-refractivity contribution in [1.29, 1.82) is 0 Å². The number of hydrogen-bond donors (Lipinski definition) is 3. The summed E-state index contributed by atoms with van der Waals surface area (Å²) in [5.41, 5.74) is 5.84. The number of fused-ring (bicyclic) bond motifs is 1. The van der Waals surface area contributed by atoms with Crippen molar-refractivity contribution in [2.75, 3.05) is 26.2 Å². The number of β-lactam (4-membered cyclic amide) rings is 1. The Morgan fingerprint density at radius 2 is 2.06 bits per heavy atom. The molecule has 4 aliphatic heterocycles. The lowest BCUT2D eigenvalue weighted by Crippen LogP contribution is -2.62. The molecule has 2 amide bonds. The average Bonchev–Trinajstić information content (AvgIpc) is 3.52. The van der Waals surface area contributed by atoms with Gasteiger partial charge in [-0.15, -0.1) is 11.8 Å². The van der Waals surface area contributed by atoms with E-state index in [1.807, 2.05) is 25.7 Å². The standard InChI is InChI=1S/C24H36N4O5S/c1-4-15(29)7-12(2)18-19-13(3)21(20(24(32)33)28(19)23(18)31)34-16-8-17(26-10-16)22(30)27-6-5-14(9-25)11-27/h12-14,16-19,26H,4-11,25H2,1-3H3,(H,32,33)/t12-,13+,14-,16-,17-,18+,19+/m0/s1. The maximum absolute atomic E-state index is 13.0. The summed E-state index contributed by atoms with van der Waals surface area (Å²) in [5, 5.41) is 13.3. The second kappa shape index (κ2) is 9.99. The number of hydrogen-bond acceptors (Lipinski definition) is 7. The minimum absolute atomic E-state index is 0.0556. The van der Waals surface area contributed by atoms with Crippen molar-refractivity contribution in [2.24, 2.45) is 29.4 Å². The zero-order valence-electron chi connectivity index (χ0n) is 20.2. The van der Waals surface area contributed by atoms with Crippen LogP contribution in [0.15, 0.2) is 10.6 Å². The van der Waals surface area contributed by atoms with Gasteiger partial charge in [0.2, 0.25) is 11.8 Å². The third-order valence-corrected chi connectivity index (χ3v) is 9.47. The summed E-state index contributed by atoms with van der Waals surface area (Å²) < 4.78 is 0. The van der Waals surface area contributed by atoms with Crippen molar-refractivity contribution in [3.63, 3.8) is 0 Å². The Labute approximate surface area is 204 Å². The van der Waals surface area contributed by atoms with Gasteiger partial charge >= 0.3 is 5.97 Å². The van der Waals surface area contributed by atoms with Gasteiger partial charge in [0.1, 0.15) is 11.5 Å². The van der Waals surface area contributed by atoms with E-state index in [0.29, 0.717) is 49.7 Å². The van der Waals surface area contributed by atoms with Gasteiger partial charge in [-0.2, -0.15) is 0 Å². The lowest BCUT2D eigenvalue weighted by Gasteiger charge is -2.47. The molecular weight excluding hydrogens is 456 g/mol. The Kier molecular flexibility index (Phi) is 7.40. The highest BCUT2D eigenvalue weighted by molar-refractivity contribution is 8.03. The molecule has 34 heavy (non-hydrogen) atoms. The minimum Gasteiger partial charge on any atom is -0.477 e. The average molecular weight is 493 g/mol. The van der Waals surface area contributed by atoms with Crippen molar-refractivity contribution in [3.05, 3.63) is 10.6 Å². The lowest BCUT2D eigenvalue weighted by atomic mass is 9.73. The maximum Gasteiger partial charge on any atom is 0.353 e. The van der Waals surface area contributed by atoms with E-state index in [1.165, 1.54) is 16.7 Å². The van der Waals surface area contributed by atoms with Gasteiger partial charge in [-0.25, -0.2) is 4.79 Å². The number of carboxylic acids is 1. The number of carbonyl (C=O) groups is 4. The Balaban J connectivity index is 1.43. The first-order valence-corrected chi connectivity index (χ1v) is 13.3. The van der Waals surface area contributed by atoms with E-state index in [0.717, 1.165) is 13.0 Å². The van der Waals surface area contributed by atoms with Crippen LogP contribution in [0.25, 0.3) is 0 Å². The smallest absolute Gasteiger partial charge is 0.353 e. The Bertz CT molecular complexity index is 908. The van der Waals surface area contributed by atoms with Crippen molar-refractivity contribution in [1.82, 2.24) is 15.1 Å². The normalized spacial score (nSPS) is 33.8. The quantitative estimate of drug-likeness (QED) is 0.407. The van der Waals surface area contributed by atoms with Crippen molar-refractivity contribution < 1.29 is 24.3 Å². The summed E-state index contributed by atoms with van der Waals surface area (Å²) in [6.07, 6.45) is 2.34. The molecule has 0 radical (unpaired) electrons. The molecule has 4 aliphatic rings. The highest BCUT2D eigenvalue weighted by Gasteiger charge is 2.60. The van der Waals surface area contributed by atoms with Crippen LogP contribution in [-0.4, -0.2) is 82.0 Å². The number of ketones is 1. The van der Waals surface area contributed by atoms with E-state index < -0.39 is 5.97 Å². The van der Waals surface area contributed by atoms with Crippen LogP contribution < -0.4 is 11.1 Å². The molecule has 0 unspecified atom stereocenters. The van der Waals surface area contributed by atoms with Gasteiger partial charge in [-0.3, -0.25) is 14.4 Å². The van der Waals surface area contributed by atoms with Gasteiger partial charge in [-0.05, 0) is 31.2 Å². The number of nitrogens with one attached hydrogen (secondary N) is 1. The van der Waals surface area contributed by atoms with Gasteiger partial charge in [0.05, 0.1) is 18.0 Å². The third-order valence-electron chi connectivity index (χ3n) is 7.96. The van der Waals surface area contributed by atoms with Crippen LogP contribution in [0.3, 0.4) is 0 Å². The number of amides is 2. The van der Waals surface area contributed by atoms with E-state index in [-0.39, 0.29) is 58.4 Å². The SMILES string of the molecule is CCC(=O)C[C@H](C)[C@H]1C(=O)N2C(C(=O)O)=C(S[C@@H]3CN[C@H](C(=O)N4CC[C@@H](CN)C4)C3)[C@H](C)[C@H]12.